The van der Waals surface area contributed by atoms with E-state index in [1.54, 1.807) is 7.11 Å². The molecule has 8 nitrogen and oxygen atoms in total. The molecule has 1 N–H and O–H groups in total. The van der Waals surface area contributed by atoms with Gasteiger partial charge in [0.1, 0.15) is 0 Å². The number of methoxy groups -OCH3 is 1. The van der Waals surface area contributed by atoms with Gasteiger partial charge in [-0.15, -0.1) is 0 Å². The molecule has 28 heavy (non-hydrogen) atoms. The Morgan fingerprint density at radius 2 is 1.79 bits per heavy atom. The second-order valence-electron chi connectivity index (χ2n) is 7.66. The lowest BCUT2D eigenvalue weighted by Crippen LogP contribution is -2.46. The van der Waals surface area contributed by atoms with Crippen LogP contribution >= 0.6 is 0 Å². The second-order valence-corrected chi connectivity index (χ2v) is 7.66. The van der Waals surface area contributed by atoms with Crippen molar-refractivity contribution >= 4 is 23.7 Å². The van der Waals surface area contributed by atoms with Crippen molar-refractivity contribution < 1.29 is 28.7 Å². The maximum Gasteiger partial charge on any atom is 0.338 e. The molecule has 0 bridgehead atoms. The molecule has 3 amide bonds. The number of hydrogen-bond donors (Lipinski definition) is 1. The van der Waals surface area contributed by atoms with Gasteiger partial charge >= 0.3 is 5.97 Å². The van der Waals surface area contributed by atoms with Crippen molar-refractivity contribution in [2.45, 2.75) is 45.8 Å². The van der Waals surface area contributed by atoms with E-state index >= 15 is 0 Å². The van der Waals surface area contributed by atoms with E-state index in [1.807, 2.05) is 20.8 Å². The molecular weight excluding hydrogens is 364 g/mol. The fourth-order valence-corrected chi connectivity index (χ4v) is 2.74. The number of benzene rings is 1. The van der Waals surface area contributed by atoms with Crippen LogP contribution in [-0.2, 0) is 14.3 Å². The number of carbonyl (C=O) groups excluding carboxylic acids is 4. The standard InChI is InChI=1S/C20H26N2O6/c1-12(16(23)21-20(2,3)4)28-19(26)13-7-8-14-15(11-13)18(25)22(17(14)24)9-6-10-27-5/h7-8,11-12H,6,9-10H2,1-5H3,(H,21,23). The van der Waals surface area contributed by atoms with E-state index in [1.165, 1.54) is 25.1 Å². The Morgan fingerprint density at radius 1 is 1.14 bits per heavy atom. The van der Waals surface area contributed by atoms with Crippen LogP contribution in [0.5, 0.6) is 0 Å². The fraction of sp³-hybridized carbons (Fsp3) is 0.500. The molecule has 0 radical (unpaired) electrons. The number of esters is 1. The molecule has 1 aromatic rings. The number of amides is 3. The normalized spacial score (nSPS) is 14.7. The highest BCUT2D eigenvalue weighted by atomic mass is 16.5. The van der Waals surface area contributed by atoms with Gasteiger partial charge in [0.25, 0.3) is 17.7 Å². The molecule has 152 valence electrons. The highest BCUT2D eigenvalue weighted by molar-refractivity contribution is 6.22. The summed E-state index contributed by atoms with van der Waals surface area (Å²) in [6.45, 7) is 7.60. The van der Waals surface area contributed by atoms with Crippen LogP contribution in [0.15, 0.2) is 18.2 Å². The number of nitrogens with one attached hydrogen (secondary N) is 1. The summed E-state index contributed by atoms with van der Waals surface area (Å²) in [6.07, 6.45) is -0.472. The Labute approximate surface area is 164 Å². The molecule has 0 fully saturated rings. The average molecular weight is 390 g/mol. The van der Waals surface area contributed by atoms with E-state index < -0.39 is 35.3 Å². The summed E-state index contributed by atoms with van der Waals surface area (Å²) in [4.78, 5) is 50.5. The van der Waals surface area contributed by atoms with Crippen LogP contribution in [-0.4, -0.2) is 60.5 Å². The Morgan fingerprint density at radius 3 is 2.39 bits per heavy atom. The first-order chi connectivity index (χ1) is 13.0. The summed E-state index contributed by atoms with van der Waals surface area (Å²) >= 11 is 0. The minimum Gasteiger partial charge on any atom is -0.449 e. The maximum atomic E-state index is 12.5. The topological polar surface area (TPSA) is 102 Å². The van der Waals surface area contributed by atoms with E-state index in [4.69, 9.17) is 9.47 Å². The molecular formula is C20H26N2O6. The molecule has 0 aromatic heterocycles. The zero-order chi connectivity index (χ0) is 21.1. The predicted octanol–water partition coefficient (Wildman–Crippen LogP) is 1.78. The zero-order valence-electron chi connectivity index (χ0n) is 16.8. The lowest BCUT2D eigenvalue weighted by atomic mass is 10.1. The van der Waals surface area contributed by atoms with E-state index in [0.717, 1.165) is 4.90 Å². The second kappa shape index (κ2) is 8.52. The van der Waals surface area contributed by atoms with Crippen LogP contribution in [0.1, 0.15) is 65.2 Å². The molecule has 0 saturated heterocycles. The van der Waals surface area contributed by atoms with Crippen LogP contribution in [0.25, 0.3) is 0 Å². The quantitative estimate of drug-likeness (QED) is 0.433. The third-order valence-corrected chi connectivity index (χ3v) is 4.09. The molecule has 1 heterocycles. The number of fused-ring (bicyclic) bond motifs is 1. The average Bonchev–Trinajstić information content (AvgIpc) is 2.84. The molecule has 1 aliphatic heterocycles. The number of nitrogens with zero attached hydrogens (tertiary/aromatic N) is 1. The molecule has 0 aliphatic carbocycles. The highest BCUT2D eigenvalue weighted by Crippen LogP contribution is 2.24. The lowest BCUT2D eigenvalue weighted by molar-refractivity contribution is -0.130. The van der Waals surface area contributed by atoms with E-state index in [0.29, 0.717) is 13.0 Å². The Bertz CT molecular complexity index is 796. The first kappa shape index (κ1) is 21.6. The van der Waals surface area contributed by atoms with Crippen LogP contribution in [0, 0.1) is 0 Å². The van der Waals surface area contributed by atoms with Crippen LogP contribution in [0.2, 0.25) is 0 Å². The van der Waals surface area contributed by atoms with Gasteiger partial charge in [-0.05, 0) is 52.3 Å². The molecule has 1 atom stereocenters. The van der Waals surface area contributed by atoms with Gasteiger partial charge in [0.15, 0.2) is 6.10 Å². The summed E-state index contributed by atoms with van der Waals surface area (Å²) in [7, 11) is 1.54. The Balaban J connectivity index is 2.10. The van der Waals surface area contributed by atoms with Crippen molar-refractivity contribution in [3.8, 4) is 0 Å². The summed E-state index contributed by atoms with van der Waals surface area (Å²) in [5.41, 5.74) is 0.0555. The predicted molar refractivity (Wildman–Crippen MR) is 101 cm³/mol. The van der Waals surface area contributed by atoms with E-state index in [9.17, 15) is 19.2 Å². The molecule has 1 unspecified atom stereocenters. The van der Waals surface area contributed by atoms with Gasteiger partial charge in [0.2, 0.25) is 0 Å². The third kappa shape index (κ3) is 4.95. The van der Waals surface area contributed by atoms with Crippen molar-refractivity contribution in [1.82, 2.24) is 10.2 Å². The summed E-state index contributed by atoms with van der Waals surface area (Å²) in [5.74, 6) is -2.01. The number of ether oxygens (including phenoxy) is 2. The van der Waals surface area contributed by atoms with Gasteiger partial charge in [-0.1, -0.05) is 0 Å². The molecule has 2 rings (SSSR count). The SMILES string of the molecule is COCCCN1C(=O)c2ccc(C(=O)OC(C)C(=O)NC(C)(C)C)cc2C1=O. The molecule has 0 spiro atoms. The van der Waals surface area contributed by atoms with Gasteiger partial charge in [-0.3, -0.25) is 19.3 Å². The first-order valence-corrected chi connectivity index (χ1v) is 9.07. The van der Waals surface area contributed by atoms with Gasteiger partial charge < -0.3 is 14.8 Å². The molecule has 0 saturated carbocycles. The lowest BCUT2D eigenvalue weighted by Gasteiger charge is -2.23. The van der Waals surface area contributed by atoms with Crippen molar-refractivity contribution in [3.63, 3.8) is 0 Å². The molecule has 8 heteroatoms. The smallest absolute Gasteiger partial charge is 0.338 e. The zero-order valence-corrected chi connectivity index (χ0v) is 16.8. The Kier molecular flexibility index (Phi) is 6.56. The van der Waals surface area contributed by atoms with Gasteiger partial charge in [0, 0.05) is 25.8 Å². The van der Waals surface area contributed by atoms with Gasteiger partial charge in [-0.25, -0.2) is 4.79 Å². The highest BCUT2D eigenvalue weighted by Gasteiger charge is 2.36. The van der Waals surface area contributed by atoms with Crippen LogP contribution in [0.4, 0.5) is 0 Å². The first-order valence-electron chi connectivity index (χ1n) is 9.07. The third-order valence-electron chi connectivity index (χ3n) is 4.09. The number of imide groups is 1. The van der Waals surface area contributed by atoms with Gasteiger partial charge in [-0.2, -0.15) is 0 Å². The number of carbonyl (C=O) groups is 4. The summed E-state index contributed by atoms with van der Waals surface area (Å²) in [6, 6.07) is 4.18. The molecule has 1 aliphatic rings. The van der Waals surface area contributed by atoms with E-state index in [2.05, 4.69) is 5.32 Å². The van der Waals surface area contributed by atoms with Crippen LogP contribution < -0.4 is 5.32 Å². The maximum absolute atomic E-state index is 12.5. The van der Waals surface area contributed by atoms with Gasteiger partial charge in [0.05, 0.1) is 16.7 Å². The summed E-state index contributed by atoms with van der Waals surface area (Å²) < 4.78 is 10.1. The monoisotopic (exact) mass is 390 g/mol. The fourth-order valence-electron chi connectivity index (χ4n) is 2.74. The number of hydrogen-bond acceptors (Lipinski definition) is 6. The minimum atomic E-state index is -0.997. The molecule has 1 aromatic carbocycles. The summed E-state index contributed by atoms with van der Waals surface area (Å²) in [5, 5.41) is 2.73. The van der Waals surface area contributed by atoms with Crippen molar-refractivity contribution in [2.75, 3.05) is 20.3 Å². The minimum absolute atomic E-state index is 0.106. The van der Waals surface area contributed by atoms with Crippen LogP contribution in [0.3, 0.4) is 0 Å². The Hall–Kier alpha value is -2.74. The number of rotatable bonds is 7. The van der Waals surface area contributed by atoms with Crippen molar-refractivity contribution in [1.29, 1.82) is 0 Å². The van der Waals surface area contributed by atoms with Crippen molar-refractivity contribution in [2.24, 2.45) is 0 Å². The largest absolute Gasteiger partial charge is 0.449 e. The van der Waals surface area contributed by atoms with E-state index in [-0.39, 0.29) is 23.2 Å². The van der Waals surface area contributed by atoms with Crippen molar-refractivity contribution in [3.05, 3.63) is 34.9 Å².